The van der Waals surface area contributed by atoms with Gasteiger partial charge in [-0.1, -0.05) is 56.0 Å². The fourth-order valence-corrected chi connectivity index (χ4v) is 11.8. The number of furan rings is 1. The molecule has 0 N–H and O–H groups in total. The number of hydrogen-bond donors (Lipinski definition) is 0. The SMILES string of the molecule is Cc1ccc(P(=NS(=O)(=O)c2ccc3ccccc3c2)(N2CCCCCC2)N2CCCCCC2)o1. The van der Waals surface area contributed by atoms with Crippen molar-refractivity contribution < 1.29 is 12.8 Å². The molecule has 2 fully saturated rings. The lowest BCUT2D eigenvalue weighted by atomic mass is 10.1. The van der Waals surface area contributed by atoms with E-state index in [9.17, 15) is 8.42 Å². The second-order valence-electron chi connectivity index (χ2n) is 9.75. The molecule has 188 valence electrons. The van der Waals surface area contributed by atoms with Crippen LogP contribution in [0.25, 0.3) is 10.8 Å². The Morgan fingerprint density at radius 1 is 0.743 bits per heavy atom. The monoisotopic (exact) mass is 513 g/mol. The van der Waals surface area contributed by atoms with Gasteiger partial charge in [0.15, 0.2) is 12.9 Å². The van der Waals surface area contributed by atoms with Gasteiger partial charge < -0.3 is 4.42 Å². The normalized spacial score (nSPS) is 19.3. The van der Waals surface area contributed by atoms with Crippen LogP contribution < -0.4 is 5.50 Å². The van der Waals surface area contributed by atoms with Gasteiger partial charge in [-0.2, -0.15) is 8.42 Å². The van der Waals surface area contributed by atoms with E-state index in [0.717, 1.165) is 73.9 Å². The first kappa shape index (κ1) is 24.8. The second-order valence-corrected chi connectivity index (χ2v) is 14.5. The lowest BCUT2D eigenvalue weighted by molar-refractivity contribution is 0.386. The van der Waals surface area contributed by atoms with E-state index < -0.39 is 17.4 Å². The van der Waals surface area contributed by atoms with Crippen molar-refractivity contribution in [1.29, 1.82) is 0 Å². The largest absolute Gasteiger partial charge is 0.457 e. The van der Waals surface area contributed by atoms with Crippen LogP contribution in [0.4, 0.5) is 0 Å². The summed E-state index contributed by atoms with van der Waals surface area (Å²) in [6, 6.07) is 17.2. The molecule has 6 nitrogen and oxygen atoms in total. The van der Waals surface area contributed by atoms with Crippen molar-refractivity contribution in [1.82, 2.24) is 9.34 Å². The molecule has 2 aliphatic rings. The molecule has 2 aromatic carbocycles. The summed E-state index contributed by atoms with van der Waals surface area (Å²) in [5.74, 6) is 0.798. The summed E-state index contributed by atoms with van der Waals surface area (Å²) in [5, 5.41) is 1.93. The fourth-order valence-electron chi connectivity index (χ4n) is 5.37. The summed E-state index contributed by atoms with van der Waals surface area (Å²) >= 11 is 0. The smallest absolute Gasteiger partial charge is 0.283 e. The molecule has 3 heterocycles. The molecule has 2 saturated heterocycles. The molecule has 1 aromatic heterocycles. The highest BCUT2D eigenvalue weighted by molar-refractivity contribution is 7.94. The molecule has 3 aromatic rings. The summed E-state index contributed by atoms with van der Waals surface area (Å²) in [6.07, 6.45) is 8.91. The molecule has 0 radical (unpaired) electrons. The molecule has 0 amide bonds. The lowest BCUT2D eigenvalue weighted by Gasteiger charge is -2.41. The van der Waals surface area contributed by atoms with Crippen LogP contribution in [-0.2, 0) is 10.0 Å². The fraction of sp³-hybridized carbons (Fsp3) is 0.481. The molecule has 8 heteroatoms. The van der Waals surface area contributed by atoms with Crippen LogP contribution in [0, 0.1) is 6.92 Å². The zero-order valence-corrected chi connectivity index (χ0v) is 22.3. The van der Waals surface area contributed by atoms with Crippen LogP contribution in [0.15, 0.2) is 68.1 Å². The Morgan fingerprint density at radius 2 is 1.31 bits per heavy atom. The van der Waals surface area contributed by atoms with Crippen LogP contribution in [0.5, 0.6) is 0 Å². The number of benzene rings is 2. The zero-order valence-electron chi connectivity index (χ0n) is 20.6. The van der Waals surface area contributed by atoms with E-state index in [1.807, 2.05) is 49.4 Å². The van der Waals surface area contributed by atoms with Gasteiger partial charge in [0.25, 0.3) is 10.0 Å². The van der Waals surface area contributed by atoms with E-state index >= 15 is 0 Å². The Morgan fingerprint density at radius 3 is 1.86 bits per heavy atom. The molecule has 35 heavy (non-hydrogen) atoms. The standard InChI is InChI=1S/C27H36N3O3PS/c1-23-14-17-27(33-23)34(29-18-8-2-3-9-19-29,30-20-10-4-5-11-21-30)28-35(31,32)26-16-15-24-12-6-7-13-25(24)22-26/h6-7,12-17,22H,2-5,8-11,18-21H2,1H3. The number of sulfonamides is 1. The minimum atomic E-state index is -3.94. The van der Waals surface area contributed by atoms with Crippen LogP contribution in [0.2, 0.25) is 0 Å². The summed E-state index contributed by atoms with van der Waals surface area (Å²) in [4.78, 5) is 0.258. The highest BCUT2D eigenvalue weighted by Gasteiger charge is 2.41. The van der Waals surface area contributed by atoms with Gasteiger partial charge in [0.05, 0.1) is 4.90 Å². The Labute approximate surface area is 209 Å². The third kappa shape index (κ3) is 5.15. The van der Waals surface area contributed by atoms with Gasteiger partial charge in [0.1, 0.15) is 5.76 Å². The van der Waals surface area contributed by atoms with Crippen molar-refractivity contribution in [2.45, 2.75) is 63.2 Å². The lowest BCUT2D eigenvalue weighted by Crippen LogP contribution is -2.38. The highest BCUT2D eigenvalue weighted by Crippen LogP contribution is 2.58. The van der Waals surface area contributed by atoms with Gasteiger partial charge >= 0.3 is 0 Å². The van der Waals surface area contributed by atoms with Gasteiger partial charge in [0.2, 0.25) is 0 Å². The molecule has 0 unspecified atom stereocenters. The van der Waals surface area contributed by atoms with Gasteiger partial charge in [-0.3, -0.25) is 9.34 Å². The number of fused-ring (bicyclic) bond motifs is 1. The molecule has 0 spiro atoms. The first-order chi connectivity index (χ1) is 17.0. The van der Waals surface area contributed by atoms with Crippen LogP contribution in [0.3, 0.4) is 0 Å². The molecule has 5 rings (SSSR count). The molecule has 0 atom stereocenters. The van der Waals surface area contributed by atoms with Crippen LogP contribution >= 0.6 is 7.36 Å². The van der Waals surface area contributed by atoms with Gasteiger partial charge in [-0.15, -0.1) is 4.15 Å². The first-order valence-electron chi connectivity index (χ1n) is 12.9. The average molecular weight is 514 g/mol. The van der Waals surface area contributed by atoms with Crippen molar-refractivity contribution in [2.75, 3.05) is 26.2 Å². The minimum Gasteiger partial charge on any atom is -0.457 e. The molecule has 2 aliphatic heterocycles. The summed E-state index contributed by atoms with van der Waals surface area (Å²) < 4.78 is 44.2. The van der Waals surface area contributed by atoms with Crippen molar-refractivity contribution in [2.24, 2.45) is 4.15 Å². The van der Waals surface area contributed by atoms with Crippen molar-refractivity contribution in [3.05, 3.63) is 60.4 Å². The Kier molecular flexibility index (Phi) is 7.50. The van der Waals surface area contributed by atoms with E-state index in [1.165, 1.54) is 25.7 Å². The summed E-state index contributed by atoms with van der Waals surface area (Å²) in [6.45, 7) is 5.32. The van der Waals surface area contributed by atoms with E-state index in [1.54, 1.807) is 12.1 Å². The summed E-state index contributed by atoms with van der Waals surface area (Å²) in [5.41, 5.74) is 0.725. The molecule has 0 bridgehead atoms. The van der Waals surface area contributed by atoms with Crippen molar-refractivity contribution in [3.63, 3.8) is 0 Å². The van der Waals surface area contributed by atoms with Gasteiger partial charge in [-0.25, -0.2) is 0 Å². The zero-order chi connectivity index (χ0) is 24.3. The molecule has 0 aliphatic carbocycles. The van der Waals surface area contributed by atoms with Crippen molar-refractivity contribution in [3.8, 4) is 0 Å². The maximum absolute atomic E-state index is 14.1. The number of hydrogen-bond acceptors (Lipinski definition) is 3. The van der Waals surface area contributed by atoms with E-state index in [0.29, 0.717) is 0 Å². The quantitative estimate of drug-likeness (QED) is 0.363. The van der Waals surface area contributed by atoms with Crippen LogP contribution in [-0.4, -0.2) is 43.9 Å². The predicted molar refractivity (Wildman–Crippen MR) is 144 cm³/mol. The van der Waals surface area contributed by atoms with Crippen LogP contribution in [0.1, 0.15) is 57.1 Å². The third-order valence-corrected chi connectivity index (χ3v) is 13.0. The molecular weight excluding hydrogens is 477 g/mol. The Balaban J connectivity index is 1.74. The number of nitrogens with zero attached hydrogens (tertiary/aromatic N) is 3. The minimum absolute atomic E-state index is 0.258. The molecule has 0 saturated carbocycles. The summed E-state index contributed by atoms with van der Waals surface area (Å²) in [7, 11) is -6.78. The maximum Gasteiger partial charge on any atom is 0.283 e. The Bertz CT molecular complexity index is 1290. The molecular formula is C27H36N3O3PS. The van der Waals surface area contributed by atoms with E-state index in [4.69, 9.17) is 8.57 Å². The predicted octanol–water partition coefficient (Wildman–Crippen LogP) is 6.54. The third-order valence-electron chi connectivity index (χ3n) is 7.22. The highest BCUT2D eigenvalue weighted by atomic mass is 32.2. The van der Waals surface area contributed by atoms with E-state index in [2.05, 4.69) is 9.34 Å². The number of aryl methyl sites for hydroxylation is 1. The van der Waals surface area contributed by atoms with Gasteiger partial charge in [0, 0.05) is 26.2 Å². The maximum atomic E-state index is 14.1. The van der Waals surface area contributed by atoms with Crippen molar-refractivity contribution >= 4 is 33.7 Å². The van der Waals surface area contributed by atoms with E-state index in [-0.39, 0.29) is 4.90 Å². The average Bonchev–Trinajstić information content (AvgIpc) is 3.07. The number of rotatable bonds is 5. The second kappa shape index (κ2) is 10.6. The first-order valence-corrected chi connectivity index (χ1v) is 16.0. The van der Waals surface area contributed by atoms with Gasteiger partial charge in [-0.05, 0) is 67.6 Å². The topological polar surface area (TPSA) is 66.1 Å². The Hall–Kier alpha value is -1.92.